The van der Waals surface area contributed by atoms with Gasteiger partial charge < -0.3 is 10.6 Å². The van der Waals surface area contributed by atoms with Gasteiger partial charge in [0, 0.05) is 39.3 Å². The summed E-state index contributed by atoms with van der Waals surface area (Å²) in [6.07, 6.45) is 3.29. The molecule has 0 fully saturated rings. The fourth-order valence-electron chi connectivity index (χ4n) is 3.98. The number of thiophene rings is 1. The third-order valence-corrected chi connectivity index (χ3v) is 7.51. The zero-order valence-electron chi connectivity index (χ0n) is 20.6. The molecule has 1 atom stereocenters. The molecule has 5 aromatic rings. The number of nitrogens with zero attached hydrogens (tertiary/aromatic N) is 6. The first-order chi connectivity index (χ1) is 18.8. The maximum atomic E-state index is 13.7. The Labute approximate surface area is 237 Å². The predicted octanol–water partition coefficient (Wildman–Crippen LogP) is 7.60. The van der Waals surface area contributed by atoms with Crippen LogP contribution in [0.15, 0.2) is 54.2 Å². The number of anilines is 3. The lowest BCUT2D eigenvalue weighted by Crippen LogP contribution is -2.12. The molecule has 2 aromatic carbocycles. The van der Waals surface area contributed by atoms with E-state index in [-0.39, 0.29) is 16.6 Å². The summed E-state index contributed by atoms with van der Waals surface area (Å²) in [6.45, 7) is 4.01. The van der Waals surface area contributed by atoms with Gasteiger partial charge in [0.1, 0.15) is 29.7 Å². The summed E-state index contributed by atoms with van der Waals surface area (Å²) >= 11 is 14.1. The van der Waals surface area contributed by atoms with Gasteiger partial charge in [-0.1, -0.05) is 28.4 Å². The lowest BCUT2D eigenvalue weighted by Gasteiger charge is -2.19. The molecular formula is C27H19Cl2FN8S. The summed E-state index contributed by atoms with van der Waals surface area (Å²) < 4.78 is 15.5. The Bertz CT molecular complexity index is 1780. The van der Waals surface area contributed by atoms with E-state index >= 15 is 0 Å². The van der Waals surface area contributed by atoms with E-state index in [0.29, 0.717) is 44.2 Å². The van der Waals surface area contributed by atoms with Crippen molar-refractivity contribution in [2.45, 2.75) is 25.9 Å². The Kier molecular flexibility index (Phi) is 7.36. The molecule has 3 heterocycles. The highest BCUT2D eigenvalue weighted by atomic mass is 35.5. The largest absolute Gasteiger partial charge is 0.372 e. The third kappa shape index (κ3) is 5.36. The molecule has 0 aliphatic heterocycles. The van der Waals surface area contributed by atoms with Crippen LogP contribution in [-0.4, -0.2) is 20.0 Å². The average Bonchev–Trinajstić information content (AvgIpc) is 3.60. The highest BCUT2D eigenvalue weighted by Gasteiger charge is 2.22. The van der Waals surface area contributed by atoms with Gasteiger partial charge >= 0.3 is 0 Å². The Balaban J connectivity index is 1.61. The van der Waals surface area contributed by atoms with Gasteiger partial charge in [-0.3, -0.25) is 4.98 Å². The van der Waals surface area contributed by atoms with Crippen molar-refractivity contribution in [3.05, 3.63) is 91.7 Å². The molecule has 0 bridgehead atoms. The van der Waals surface area contributed by atoms with Gasteiger partial charge in [-0.25, -0.2) is 9.07 Å². The van der Waals surface area contributed by atoms with Crippen molar-refractivity contribution in [1.29, 1.82) is 10.5 Å². The van der Waals surface area contributed by atoms with E-state index in [1.54, 1.807) is 22.2 Å². The van der Waals surface area contributed by atoms with E-state index in [0.717, 1.165) is 4.88 Å². The van der Waals surface area contributed by atoms with Crippen molar-refractivity contribution in [2.24, 2.45) is 0 Å². The molecule has 5 rings (SSSR count). The number of nitriles is 2. The van der Waals surface area contributed by atoms with Crippen LogP contribution in [0.2, 0.25) is 10.0 Å². The first kappa shape index (κ1) is 26.4. The average molecular weight is 577 g/mol. The first-order valence-electron chi connectivity index (χ1n) is 11.7. The molecule has 0 spiro atoms. The van der Waals surface area contributed by atoms with Crippen LogP contribution in [0.5, 0.6) is 0 Å². The van der Waals surface area contributed by atoms with Crippen molar-refractivity contribution in [3.63, 3.8) is 0 Å². The lowest BCUT2D eigenvalue weighted by molar-refractivity contribution is 0.514. The number of pyridine rings is 1. The van der Waals surface area contributed by atoms with Crippen LogP contribution < -0.4 is 10.6 Å². The monoisotopic (exact) mass is 576 g/mol. The van der Waals surface area contributed by atoms with Crippen molar-refractivity contribution >= 4 is 62.5 Å². The van der Waals surface area contributed by atoms with Gasteiger partial charge in [0.2, 0.25) is 0 Å². The van der Waals surface area contributed by atoms with Gasteiger partial charge in [0.05, 0.1) is 38.6 Å². The zero-order chi connectivity index (χ0) is 27.7. The van der Waals surface area contributed by atoms with Crippen LogP contribution in [0, 0.1) is 28.5 Å². The van der Waals surface area contributed by atoms with E-state index in [9.17, 15) is 14.9 Å². The van der Waals surface area contributed by atoms with Gasteiger partial charge in [-0.15, -0.1) is 16.4 Å². The van der Waals surface area contributed by atoms with Crippen LogP contribution in [0.3, 0.4) is 0 Å². The molecule has 0 amide bonds. The molecule has 8 nitrogen and oxygen atoms in total. The SMILES string of the molecule is CC(C)n1cc(C(Nc2cc(Cl)c3ncc(C#N)c(Nc4ccc(F)c(Cl)c4)c3c2)c2cc(C#N)cs2)nn1. The Morgan fingerprint density at radius 1 is 1.05 bits per heavy atom. The third-order valence-electron chi connectivity index (χ3n) is 5.93. The van der Waals surface area contributed by atoms with Gasteiger partial charge in [0.25, 0.3) is 0 Å². The molecule has 0 saturated carbocycles. The molecule has 194 valence electrons. The van der Waals surface area contributed by atoms with Crippen molar-refractivity contribution < 1.29 is 4.39 Å². The van der Waals surface area contributed by atoms with Crippen molar-refractivity contribution in [3.8, 4) is 12.1 Å². The summed E-state index contributed by atoms with van der Waals surface area (Å²) in [5.41, 5.74) is 3.51. The number of fused-ring (bicyclic) bond motifs is 1. The molecular weight excluding hydrogens is 558 g/mol. The smallest absolute Gasteiger partial charge is 0.141 e. The topological polar surface area (TPSA) is 115 Å². The molecule has 0 aliphatic carbocycles. The van der Waals surface area contributed by atoms with Crippen molar-refractivity contribution in [1.82, 2.24) is 20.0 Å². The molecule has 0 aliphatic rings. The summed E-state index contributed by atoms with van der Waals surface area (Å²) in [5.74, 6) is -0.551. The maximum absolute atomic E-state index is 13.7. The van der Waals surface area contributed by atoms with Crippen LogP contribution in [0.25, 0.3) is 10.9 Å². The Hall–Kier alpha value is -4.22. The number of halogens is 3. The molecule has 0 saturated heterocycles. The summed E-state index contributed by atoms with van der Waals surface area (Å²) in [5, 5.41) is 37.1. The van der Waals surface area contributed by atoms with Crippen LogP contribution >= 0.6 is 34.5 Å². The van der Waals surface area contributed by atoms with Gasteiger partial charge in [-0.05, 0) is 50.2 Å². The van der Waals surface area contributed by atoms with E-state index in [2.05, 4.69) is 38.1 Å². The van der Waals surface area contributed by atoms with Gasteiger partial charge in [0.15, 0.2) is 0 Å². The van der Waals surface area contributed by atoms with E-state index in [1.165, 1.54) is 35.7 Å². The standard InChI is InChI=1S/C27H19Cl2FN8S/c1-14(2)38-12-23(36-37-38)27(24-5-15(9-31)13-39-24)35-18-6-19-25(34-17-3-4-22(30)20(28)7-17)16(10-32)11-33-26(19)21(29)8-18/h3-8,11-14,27,35H,1-2H3,(H,33,34). The van der Waals surface area contributed by atoms with Crippen LogP contribution in [0.4, 0.5) is 21.5 Å². The maximum Gasteiger partial charge on any atom is 0.141 e. The second kappa shape index (κ2) is 10.9. The molecule has 0 radical (unpaired) electrons. The lowest BCUT2D eigenvalue weighted by atomic mass is 10.1. The highest BCUT2D eigenvalue weighted by Crippen LogP contribution is 2.38. The fourth-order valence-corrected chi connectivity index (χ4v) is 5.32. The van der Waals surface area contributed by atoms with Crippen LogP contribution in [0.1, 0.15) is 47.6 Å². The summed E-state index contributed by atoms with van der Waals surface area (Å²) in [7, 11) is 0. The quantitative estimate of drug-likeness (QED) is 0.205. The fraction of sp³-hybridized carbons (Fsp3) is 0.148. The molecule has 2 N–H and O–H groups in total. The molecule has 3 aromatic heterocycles. The number of hydrogen-bond donors (Lipinski definition) is 2. The molecule has 12 heteroatoms. The first-order valence-corrected chi connectivity index (χ1v) is 13.3. The minimum Gasteiger partial charge on any atom is -0.372 e. The number of nitrogens with one attached hydrogen (secondary N) is 2. The molecule has 39 heavy (non-hydrogen) atoms. The zero-order valence-corrected chi connectivity index (χ0v) is 22.9. The van der Waals surface area contributed by atoms with E-state index in [1.807, 2.05) is 26.1 Å². The second-order valence-electron chi connectivity index (χ2n) is 8.91. The minimum atomic E-state index is -0.551. The summed E-state index contributed by atoms with van der Waals surface area (Å²) in [6, 6.07) is 13.6. The number of hydrogen-bond acceptors (Lipinski definition) is 8. The van der Waals surface area contributed by atoms with Crippen LogP contribution in [-0.2, 0) is 0 Å². The Morgan fingerprint density at radius 3 is 2.51 bits per heavy atom. The normalized spacial score (nSPS) is 11.8. The van der Waals surface area contributed by atoms with Gasteiger partial charge in [-0.2, -0.15) is 10.5 Å². The second-order valence-corrected chi connectivity index (χ2v) is 10.7. The Morgan fingerprint density at radius 2 is 1.85 bits per heavy atom. The van der Waals surface area contributed by atoms with E-state index < -0.39 is 11.9 Å². The summed E-state index contributed by atoms with van der Waals surface area (Å²) in [4.78, 5) is 5.25. The predicted molar refractivity (Wildman–Crippen MR) is 151 cm³/mol. The minimum absolute atomic E-state index is 0.0535. The van der Waals surface area contributed by atoms with E-state index in [4.69, 9.17) is 23.2 Å². The number of benzene rings is 2. The van der Waals surface area contributed by atoms with Crippen molar-refractivity contribution in [2.75, 3.05) is 10.6 Å². The number of rotatable bonds is 7. The highest BCUT2D eigenvalue weighted by molar-refractivity contribution is 7.10. The number of aromatic nitrogens is 4. The molecule has 1 unspecified atom stereocenters.